The molecule has 0 bridgehead atoms. The number of amides is 1. The van der Waals surface area contributed by atoms with E-state index in [1.807, 2.05) is 17.7 Å². The normalized spacial score (nSPS) is 22.0. The second kappa shape index (κ2) is 9.18. The minimum Gasteiger partial charge on any atom is -0.404 e. The van der Waals surface area contributed by atoms with Gasteiger partial charge >= 0.3 is 0 Å². The maximum absolute atomic E-state index is 12.9. The molecule has 1 aliphatic carbocycles. The SMILES string of the molecule is C=C/C=C(\C(C)=C/N)n1cc2c(n1)CCN(CC(=O)N1CCN(C3CCC3)CC1)C2. The Morgan fingerprint density at radius 3 is 2.67 bits per heavy atom. The highest BCUT2D eigenvalue weighted by molar-refractivity contribution is 5.78. The van der Waals surface area contributed by atoms with Crippen molar-refractivity contribution in [1.82, 2.24) is 24.5 Å². The number of fused-ring (bicyclic) bond motifs is 1. The van der Waals surface area contributed by atoms with Crippen LogP contribution in [0.3, 0.4) is 0 Å². The van der Waals surface area contributed by atoms with E-state index in [1.165, 1.54) is 24.8 Å². The summed E-state index contributed by atoms with van der Waals surface area (Å²) >= 11 is 0. The largest absolute Gasteiger partial charge is 0.404 e. The van der Waals surface area contributed by atoms with Crippen molar-refractivity contribution in [3.05, 3.63) is 48.0 Å². The summed E-state index contributed by atoms with van der Waals surface area (Å²) in [5, 5.41) is 4.76. The Morgan fingerprint density at radius 2 is 2.03 bits per heavy atom. The first kappa shape index (κ1) is 20.9. The van der Waals surface area contributed by atoms with E-state index in [0.717, 1.165) is 68.7 Å². The van der Waals surface area contributed by atoms with Gasteiger partial charge in [0, 0.05) is 63.5 Å². The zero-order chi connectivity index (χ0) is 21.1. The van der Waals surface area contributed by atoms with Gasteiger partial charge in [-0.05, 0) is 37.6 Å². The van der Waals surface area contributed by atoms with Gasteiger partial charge < -0.3 is 10.6 Å². The van der Waals surface area contributed by atoms with E-state index in [9.17, 15) is 4.79 Å². The van der Waals surface area contributed by atoms with E-state index in [4.69, 9.17) is 10.8 Å². The second-order valence-electron chi connectivity index (χ2n) is 8.65. The summed E-state index contributed by atoms with van der Waals surface area (Å²) in [6, 6.07) is 0.775. The molecule has 2 fully saturated rings. The summed E-state index contributed by atoms with van der Waals surface area (Å²) in [4.78, 5) is 19.7. The lowest BCUT2D eigenvalue weighted by Gasteiger charge is -2.43. The van der Waals surface area contributed by atoms with E-state index < -0.39 is 0 Å². The van der Waals surface area contributed by atoms with Crippen LogP contribution in [0.25, 0.3) is 5.70 Å². The zero-order valence-corrected chi connectivity index (χ0v) is 18.1. The van der Waals surface area contributed by atoms with Gasteiger partial charge in [-0.25, -0.2) is 4.68 Å². The number of carbonyl (C=O) groups is 1. The summed E-state index contributed by atoms with van der Waals surface area (Å²) in [6.07, 6.45) is 12.2. The summed E-state index contributed by atoms with van der Waals surface area (Å²) in [7, 11) is 0. The lowest BCUT2D eigenvalue weighted by molar-refractivity contribution is -0.135. The lowest BCUT2D eigenvalue weighted by atomic mass is 9.91. The molecule has 7 nitrogen and oxygen atoms in total. The third-order valence-corrected chi connectivity index (χ3v) is 6.73. The van der Waals surface area contributed by atoms with Gasteiger partial charge in [-0.15, -0.1) is 0 Å². The van der Waals surface area contributed by atoms with E-state index in [0.29, 0.717) is 6.54 Å². The van der Waals surface area contributed by atoms with E-state index >= 15 is 0 Å². The van der Waals surface area contributed by atoms with Crippen molar-refractivity contribution in [2.24, 2.45) is 5.73 Å². The standard InChI is InChI=1S/C23H34N6O/c1-3-5-22(18(2)14-24)29-16-19-15-26(9-8-21(19)25-29)17-23(30)28-12-10-27(11-13-28)20-6-4-7-20/h3,5,14,16,20H,1,4,6-13,15,17,24H2,2H3/b18-14-,22-5+. The van der Waals surface area contributed by atoms with Gasteiger partial charge in [0.15, 0.2) is 0 Å². The number of hydrogen-bond acceptors (Lipinski definition) is 5. The quantitative estimate of drug-likeness (QED) is 0.725. The predicted octanol–water partition coefficient (Wildman–Crippen LogP) is 1.83. The number of carbonyl (C=O) groups excluding carboxylic acids is 1. The highest BCUT2D eigenvalue weighted by atomic mass is 16.2. The number of nitrogens with two attached hydrogens (primary N) is 1. The highest BCUT2D eigenvalue weighted by Gasteiger charge is 2.30. The molecule has 7 heteroatoms. The van der Waals surface area contributed by atoms with Gasteiger partial charge in [0.1, 0.15) is 0 Å². The van der Waals surface area contributed by atoms with Crippen molar-refractivity contribution in [3.63, 3.8) is 0 Å². The Hall–Kier alpha value is -2.38. The number of nitrogens with zero attached hydrogens (tertiary/aromatic N) is 5. The maximum atomic E-state index is 12.9. The molecule has 1 saturated carbocycles. The van der Waals surface area contributed by atoms with Crippen LogP contribution in [0.1, 0.15) is 37.4 Å². The Labute approximate surface area is 179 Å². The Kier molecular flexibility index (Phi) is 6.39. The van der Waals surface area contributed by atoms with Crippen molar-refractivity contribution < 1.29 is 4.79 Å². The van der Waals surface area contributed by atoms with E-state index in [-0.39, 0.29) is 5.91 Å². The molecular formula is C23H34N6O. The molecule has 0 atom stereocenters. The molecule has 2 N–H and O–H groups in total. The molecular weight excluding hydrogens is 376 g/mol. The second-order valence-corrected chi connectivity index (χ2v) is 8.65. The van der Waals surface area contributed by atoms with Gasteiger partial charge in [-0.2, -0.15) is 5.10 Å². The van der Waals surface area contributed by atoms with E-state index in [2.05, 4.69) is 27.5 Å². The van der Waals surface area contributed by atoms with Gasteiger partial charge in [0.05, 0.1) is 17.9 Å². The summed E-state index contributed by atoms with van der Waals surface area (Å²) < 4.78 is 1.88. The highest BCUT2D eigenvalue weighted by Crippen LogP contribution is 2.26. The molecule has 0 aromatic carbocycles. The average Bonchev–Trinajstić information content (AvgIpc) is 3.13. The van der Waals surface area contributed by atoms with Crippen LogP contribution in [0.2, 0.25) is 0 Å². The molecule has 3 aliphatic rings. The summed E-state index contributed by atoms with van der Waals surface area (Å²) in [5.74, 6) is 0.258. The lowest BCUT2D eigenvalue weighted by Crippen LogP contribution is -2.55. The molecule has 0 spiro atoms. The molecule has 4 rings (SSSR count). The number of hydrogen-bond donors (Lipinski definition) is 1. The minimum atomic E-state index is 0.258. The first-order chi connectivity index (χ1) is 14.6. The molecule has 0 radical (unpaired) electrons. The van der Waals surface area contributed by atoms with Crippen LogP contribution in [0.15, 0.2) is 36.7 Å². The average molecular weight is 411 g/mol. The van der Waals surface area contributed by atoms with Crippen molar-refractivity contribution in [3.8, 4) is 0 Å². The molecule has 1 amide bonds. The minimum absolute atomic E-state index is 0.258. The Morgan fingerprint density at radius 1 is 1.27 bits per heavy atom. The van der Waals surface area contributed by atoms with Crippen LogP contribution < -0.4 is 5.73 Å². The topological polar surface area (TPSA) is 70.6 Å². The van der Waals surface area contributed by atoms with Crippen molar-refractivity contribution in [1.29, 1.82) is 0 Å². The molecule has 1 aromatic rings. The predicted molar refractivity (Wildman–Crippen MR) is 119 cm³/mol. The number of aromatic nitrogens is 2. The maximum Gasteiger partial charge on any atom is 0.236 e. The van der Waals surface area contributed by atoms with Crippen LogP contribution in [-0.2, 0) is 17.8 Å². The molecule has 30 heavy (non-hydrogen) atoms. The van der Waals surface area contributed by atoms with E-state index in [1.54, 1.807) is 12.3 Å². The van der Waals surface area contributed by atoms with Gasteiger partial charge in [0.25, 0.3) is 0 Å². The van der Waals surface area contributed by atoms with Crippen LogP contribution in [-0.4, -0.2) is 75.7 Å². The van der Waals surface area contributed by atoms with Crippen molar-refractivity contribution in [2.45, 2.75) is 45.2 Å². The monoisotopic (exact) mass is 410 g/mol. The molecule has 162 valence electrons. The number of rotatable bonds is 6. The summed E-state index contributed by atoms with van der Waals surface area (Å²) in [6.45, 7) is 11.7. The van der Waals surface area contributed by atoms with Crippen LogP contribution in [0, 0.1) is 0 Å². The Bertz CT molecular complexity index is 842. The molecule has 1 saturated heterocycles. The third-order valence-electron chi connectivity index (χ3n) is 6.73. The van der Waals surface area contributed by atoms with Crippen molar-refractivity contribution >= 4 is 11.6 Å². The summed E-state index contributed by atoms with van der Waals surface area (Å²) in [5.41, 5.74) is 9.88. The van der Waals surface area contributed by atoms with Gasteiger partial charge in [-0.1, -0.05) is 19.1 Å². The first-order valence-corrected chi connectivity index (χ1v) is 11.1. The third kappa shape index (κ3) is 4.37. The molecule has 2 aliphatic heterocycles. The molecule has 0 unspecified atom stereocenters. The van der Waals surface area contributed by atoms with Crippen LogP contribution >= 0.6 is 0 Å². The molecule has 3 heterocycles. The fourth-order valence-corrected chi connectivity index (χ4v) is 4.60. The molecule has 1 aromatic heterocycles. The fraction of sp³-hybridized carbons (Fsp3) is 0.565. The van der Waals surface area contributed by atoms with Gasteiger partial charge in [-0.3, -0.25) is 14.6 Å². The van der Waals surface area contributed by atoms with Crippen LogP contribution in [0.4, 0.5) is 0 Å². The van der Waals surface area contributed by atoms with Crippen molar-refractivity contribution in [2.75, 3.05) is 39.3 Å². The fourth-order valence-electron chi connectivity index (χ4n) is 4.60. The zero-order valence-electron chi connectivity index (χ0n) is 18.1. The number of allylic oxidation sites excluding steroid dienone is 4. The van der Waals surface area contributed by atoms with Crippen LogP contribution in [0.5, 0.6) is 0 Å². The number of piperazine rings is 1. The first-order valence-electron chi connectivity index (χ1n) is 11.1. The smallest absolute Gasteiger partial charge is 0.236 e. The van der Waals surface area contributed by atoms with Gasteiger partial charge in [0.2, 0.25) is 5.91 Å². The Balaban J connectivity index is 1.34.